The number of likely N-dealkylation sites (tertiary alicyclic amines) is 1. The number of fused-ring (bicyclic) bond motifs is 1. The van der Waals surface area contributed by atoms with Gasteiger partial charge in [-0.15, -0.1) is 0 Å². The largest absolute Gasteiger partial charge is 0.497 e. The van der Waals surface area contributed by atoms with Gasteiger partial charge >= 0.3 is 0 Å². The molecule has 1 fully saturated rings. The summed E-state index contributed by atoms with van der Waals surface area (Å²) in [7, 11) is 4.72. The van der Waals surface area contributed by atoms with Gasteiger partial charge in [-0.1, -0.05) is 12.1 Å². The fraction of sp³-hybridized carbons (Fsp3) is 0.407. The van der Waals surface area contributed by atoms with Crippen LogP contribution in [0.4, 0.5) is 0 Å². The quantitative estimate of drug-likeness (QED) is 0.461. The summed E-state index contributed by atoms with van der Waals surface area (Å²) in [5.41, 5.74) is 3.32. The molecule has 9 nitrogen and oxygen atoms in total. The third-order valence-corrected chi connectivity index (χ3v) is 6.96. The Morgan fingerprint density at radius 3 is 2.64 bits per heavy atom. The molecule has 1 aliphatic heterocycles. The number of aromatic nitrogens is 2. The molecule has 0 saturated carbocycles. The lowest BCUT2D eigenvalue weighted by molar-refractivity contribution is -0.143. The lowest BCUT2D eigenvalue weighted by Gasteiger charge is -2.29. The number of ether oxygens (including phenoxy) is 2. The van der Waals surface area contributed by atoms with Gasteiger partial charge in [-0.05, 0) is 54.8 Å². The SMILES string of the molecule is COCCN1C(=O)CC(CC(=O)N(C)Cc2nc3cc(C)c(C)cc3[nH]2)(c2cccc(OC)c2)C1=O. The molecule has 3 amide bonds. The first kappa shape index (κ1) is 25.4. The number of methoxy groups -OCH3 is 2. The maximum atomic E-state index is 13.7. The molecule has 0 spiro atoms. The Kier molecular flexibility index (Phi) is 7.12. The van der Waals surface area contributed by atoms with E-state index in [4.69, 9.17) is 9.47 Å². The molecule has 1 N–H and O–H groups in total. The molecule has 2 aromatic carbocycles. The summed E-state index contributed by atoms with van der Waals surface area (Å²) in [6.07, 6.45) is -0.241. The van der Waals surface area contributed by atoms with Crippen molar-refractivity contribution in [2.24, 2.45) is 0 Å². The van der Waals surface area contributed by atoms with Gasteiger partial charge < -0.3 is 19.4 Å². The summed E-state index contributed by atoms with van der Waals surface area (Å²) in [6, 6.07) is 11.1. The van der Waals surface area contributed by atoms with E-state index < -0.39 is 11.3 Å². The molecule has 190 valence electrons. The first-order valence-corrected chi connectivity index (χ1v) is 11.9. The van der Waals surface area contributed by atoms with E-state index in [1.165, 1.54) is 24.0 Å². The van der Waals surface area contributed by atoms with Gasteiger partial charge in [0.2, 0.25) is 17.7 Å². The van der Waals surface area contributed by atoms with E-state index in [0.717, 1.165) is 22.2 Å². The zero-order valence-corrected chi connectivity index (χ0v) is 21.4. The van der Waals surface area contributed by atoms with Crippen molar-refractivity contribution in [2.75, 3.05) is 34.4 Å². The van der Waals surface area contributed by atoms with Crippen LogP contribution in [0.25, 0.3) is 11.0 Å². The van der Waals surface area contributed by atoms with Gasteiger partial charge in [-0.3, -0.25) is 19.3 Å². The highest BCUT2D eigenvalue weighted by Gasteiger charge is 2.54. The number of imide groups is 1. The Morgan fingerprint density at radius 2 is 1.92 bits per heavy atom. The number of hydrogen-bond acceptors (Lipinski definition) is 6. The average molecular weight is 493 g/mol. The number of H-pyrrole nitrogens is 1. The molecule has 0 radical (unpaired) electrons. The van der Waals surface area contributed by atoms with E-state index in [-0.39, 0.29) is 44.4 Å². The predicted molar refractivity (Wildman–Crippen MR) is 135 cm³/mol. The molecule has 0 aliphatic carbocycles. The number of nitrogens with zero attached hydrogens (tertiary/aromatic N) is 3. The van der Waals surface area contributed by atoms with Crippen LogP contribution in [-0.4, -0.2) is 71.9 Å². The Hall–Kier alpha value is -3.72. The first-order chi connectivity index (χ1) is 17.2. The summed E-state index contributed by atoms with van der Waals surface area (Å²) < 4.78 is 10.4. The van der Waals surface area contributed by atoms with E-state index >= 15 is 0 Å². The van der Waals surface area contributed by atoms with Crippen LogP contribution < -0.4 is 4.74 Å². The van der Waals surface area contributed by atoms with E-state index in [0.29, 0.717) is 17.1 Å². The number of nitrogens with one attached hydrogen (secondary N) is 1. The third kappa shape index (κ3) is 4.70. The molecule has 1 aliphatic rings. The lowest BCUT2D eigenvalue weighted by Crippen LogP contribution is -2.43. The van der Waals surface area contributed by atoms with Crippen LogP contribution in [0.5, 0.6) is 5.75 Å². The van der Waals surface area contributed by atoms with Crippen molar-refractivity contribution in [2.45, 2.75) is 38.6 Å². The molecule has 1 saturated heterocycles. The summed E-state index contributed by atoms with van der Waals surface area (Å²) in [6.45, 7) is 4.69. The number of aromatic amines is 1. The number of carbonyl (C=O) groups is 3. The number of imidazole rings is 1. The molecule has 2 heterocycles. The molecule has 4 rings (SSSR count). The van der Waals surface area contributed by atoms with Crippen molar-refractivity contribution in [3.05, 3.63) is 58.9 Å². The molecule has 36 heavy (non-hydrogen) atoms. The van der Waals surface area contributed by atoms with Crippen LogP contribution in [-0.2, 0) is 31.1 Å². The molecule has 9 heteroatoms. The van der Waals surface area contributed by atoms with Crippen molar-refractivity contribution in [1.29, 1.82) is 0 Å². The summed E-state index contributed by atoms with van der Waals surface area (Å²) in [4.78, 5) is 50.7. The van der Waals surface area contributed by atoms with Gasteiger partial charge in [0.05, 0.1) is 43.3 Å². The maximum absolute atomic E-state index is 13.7. The Morgan fingerprint density at radius 1 is 1.17 bits per heavy atom. The van der Waals surface area contributed by atoms with Gasteiger partial charge in [0.15, 0.2) is 0 Å². The van der Waals surface area contributed by atoms with Crippen LogP contribution >= 0.6 is 0 Å². The van der Waals surface area contributed by atoms with E-state index in [1.54, 1.807) is 31.3 Å². The van der Waals surface area contributed by atoms with Gasteiger partial charge in [0, 0.05) is 27.0 Å². The van der Waals surface area contributed by atoms with Crippen LogP contribution in [0.2, 0.25) is 0 Å². The number of benzene rings is 2. The van der Waals surface area contributed by atoms with Crippen molar-refractivity contribution in [1.82, 2.24) is 19.8 Å². The monoisotopic (exact) mass is 492 g/mol. The minimum Gasteiger partial charge on any atom is -0.497 e. The topological polar surface area (TPSA) is 105 Å². The molecule has 3 aromatic rings. The van der Waals surface area contributed by atoms with E-state index in [2.05, 4.69) is 9.97 Å². The highest BCUT2D eigenvalue weighted by Crippen LogP contribution is 2.41. The zero-order valence-electron chi connectivity index (χ0n) is 21.4. The molecule has 1 unspecified atom stereocenters. The van der Waals surface area contributed by atoms with Crippen molar-refractivity contribution >= 4 is 28.8 Å². The zero-order chi connectivity index (χ0) is 26.0. The number of rotatable bonds is 9. The molecule has 1 atom stereocenters. The van der Waals surface area contributed by atoms with Crippen LogP contribution in [0.1, 0.15) is 35.4 Å². The van der Waals surface area contributed by atoms with Crippen LogP contribution in [0.15, 0.2) is 36.4 Å². The fourth-order valence-corrected chi connectivity index (χ4v) is 4.70. The second kappa shape index (κ2) is 10.1. The minimum atomic E-state index is -1.31. The van der Waals surface area contributed by atoms with Crippen LogP contribution in [0, 0.1) is 13.8 Å². The Bertz CT molecular complexity index is 1280. The van der Waals surface area contributed by atoms with Gasteiger partial charge in [0.1, 0.15) is 11.6 Å². The van der Waals surface area contributed by atoms with E-state index in [1.807, 2.05) is 26.0 Å². The second-order valence-corrected chi connectivity index (χ2v) is 9.40. The number of aryl methyl sites for hydroxylation is 2. The molecule has 1 aromatic heterocycles. The highest BCUT2D eigenvalue weighted by atomic mass is 16.5. The average Bonchev–Trinajstić information content (AvgIpc) is 3.34. The van der Waals surface area contributed by atoms with Gasteiger partial charge in [-0.25, -0.2) is 4.98 Å². The first-order valence-electron chi connectivity index (χ1n) is 11.9. The summed E-state index contributed by atoms with van der Waals surface area (Å²) >= 11 is 0. The molecular formula is C27H32N4O5. The predicted octanol–water partition coefficient (Wildman–Crippen LogP) is 2.88. The van der Waals surface area contributed by atoms with E-state index in [9.17, 15) is 14.4 Å². The van der Waals surface area contributed by atoms with Crippen molar-refractivity contribution in [3.8, 4) is 5.75 Å². The third-order valence-electron chi connectivity index (χ3n) is 6.96. The summed E-state index contributed by atoms with van der Waals surface area (Å²) in [5.74, 6) is 0.223. The van der Waals surface area contributed by atoms with Gasteiger partial charge in [0.25, 0.3) is 0 Å². The minimum absolute atomic E-state index is 0.0918. The number of carbonyl (C=O) groups excluding carboxylic acids is 3. The number of amides is 3. The van der Waals surface area contributed by atoms with Gasteiger partial charge in [-0.2, -0.15) is 0 Å². The summed E-state index contributed by atoms with van der Waals surface area (Å²) in [5, 5.41) is 0. The maximum Gasteiger partial charge on any atom is 0.240 e. The molecular weight excluding hydrogens is 460 g/mol. The standard InChI is InChI=1S/C27H32N4O5/c1-17-11-21-22(12-18(17)2)29-23(28-21)16-30(3)24(32)14-27(19-7-6-8-20(13-19)36-5)15-25(33)31(26(27)34)9-10-35-4/h6-8,11-13H,9-10,14-16H2,1-5H3,(H,28,29). The highest BCUT2D eigenvalue weighted by molar-refractivity contribution is 6.10. The smallest absolute Gasteiger partial charge is 0.240 e. The Labute approximate surface area is 210 Å². The normalized spacial score (nSPS) is 17.8. The number of hydrogen-bond donors (Lipinski definition) is 1. The molecule has 0 bridgehead atoms. The van der Waals surface area contributed by atoms with Crippen molar-refractivity contribution < 1.29 is 23.9 Å². The Balaban J connectivity index is 1.61. The lowest BCUT2D eigenvalue weighted by atomic mass is 9.75. The van der Waals surface area contributed by atoms with Crippen molar-refractivity contribution in [3.63, 3.8) is 0 Å². The second-order valence-electron chi connectivity index (χ2n) is 9.40. The van der Waals surface area contributed by atoms with Crippen LogP contribution in [0.3, 0.4) is 0 Å². The fourth-order valence-electron chi connectivity index (χ4n) is 4.70.